The van der Waals surface area contributed by atoms with Crippen LogP contribution in [-0.2, 0) is 0 Å². The average molecular weight is 808 g/mol. The third-order valence-electron chi connectivity index (χ3n) is 7.57. The number of halogens is 5. The van der Waals surface area contributed by atoms with E-state index in [2.05, 4.69) is 31.0 Å². The van der Waals surface area contributed by atoms with E-state index in [1.165, 1.54) is 12.1 Å². The van der Waals surface area contributed by atoms with Crippen LogP contribution in [0.15, 0.2) is 47.1 Å². The molecule has 1 radical (unpaired) electrons. The van der Waals surface area contributed by atoms with Crippen LogP contribution in [0, 0.1) is 68.1 Å². The number of benzene rings is 2. The molecule has 1 amide bonds. The third kappa shape index (κ3) is 6.60. The monoisotopic (exact) mass is 807 g/mol. The zero-order valence-corrected chi connectivity index (χ0v) is 26.4. The number of aromatic nitrogens is 2. The van der Waals surface area contributed by atoms with Crippen molar-refractivity contribution in [2.24, 2.45) is 5.92 Å². The molecule has 3 heterocycles. The standard InChI is InChI=1S/C31H25BrF4N3O3.Ho/c1-14-5-17-6-18(7-26(42-31(35)36)27(17)37-11-14)30(40)38-12-21(16-3-4-16)25-9-19-15(2)13-41-29(19)28(39-25)20-8-22(32)24(34)10-23(20)33;/h5-11,16,21,31H,3-4,12-13H2,1-2H3,(H,38,40);/q-1;/t21-;/m0./s1. The minimum atomic E-state index is -3.08. The van der Waals surface area contributed by atoms with Crippen LogP contribution < -0.4 is 14.8 Å². The minimum absolute atomic E-state index is 0. The number of fused-ring (bicyclic) bond motifs is 2. The van der Waals surface area contributed by atoms with Gasteiger partial charge in [-0.05, 0) is 77.1 Å². The fourth-order valence-electron chi connectivity index (χ4n) is 5.31. The van der Waals surface area contributed by atoms with Crippen LogP contribution in [0.1, 0.15) is 52.9 Å². The van der Waals surface area contributed by atoms with E-state index in [0.717, 1.165) is 36.0 Å². The molecule has 0 saturated heterocycles. The van der Waals surface area contributed by atoms with Crippen molar-refractivity contribution in [3.63, 3.8) is 0 Å². The van der Waals surface area contributed by atoms with Crippen molar-refractivity contribution < 1.29 is 69.6 Å². The summed E-state index contributed by atoms with van der Waals surface area (Å²) in [6.45, 7) is 1.18. The number of amides is 1. The van der Waals surface area contributed by atoms with Gasteiger partial charge in [-0.3, -0.25) is 14.8 Å². The minimum Gasteiger partial charge on any atom is -0.556 e. The second kappa shape index (κ2) is 12.8. The van der Waals surface area contributed by atoms with Gasteiger partial charge in [0.25, 0.3) is 5.91 Å². The number of nitrogens with zero attached hydrogens (tertiary/aromatic N) is 2. The van der Waals surface area contributed by atoms with E-state index in [4.69, 9.17) is 9.72 Å². The van der Waals surface area contributed by atoms with Gasteiger partial charge in [0.05, 0.1) is 10.2 Å². The predicted octanol–water partition coefficient (Wildman–Crippen LogP) is 7.51. The predicted molar refractivity (Wildman–Crippen MR) is 152 cm³/mol. The first-order valence-corrected chi connectivity index (χ1v) is 14.2. The van der Waals surface area contributed by atoms with Crippen LogP contribution in [0.25, 0.3) is 22.2 Å². The molecule has 6 nitrogen and oxygen atoms in total. The third-order valence-corrected chi connectivity index (χ3v) is 8.18. The summed E-state index contributed by atoms with van der Waals surface area (Å²) in [4.78, 5) is 22.3. The molecule has 1 N–H and O–H groups in total. The van der Waals surface area contributed by atoms with Gasteiger partial charge in [0.15, 0.2) is 5.75 Å². The number of hydrogen-bond donors (Lipinski definition) is 1. The first-order chi connectivity index (χ1) is 20.1. The number of alkyl halides is 2. The molecule has 0 spiro atoms. The van der Waals surface area contributed by atoms with Crippen LogP contribution in [0.2, 0.25) is 0 Å². The Labute approximate surface area is 283 Å². The van der Waals surface area contributed by atoms with Crippen LogP contribution in [0.3, 0.4) is 0 Å². The van der Waals surface area contributed by atoms with Gasteiger partial charge in [0, 0.05) is 91.3 Å². The number of nitrogens with one attached hydrogen (secondary N) is 1. The molecule has 2 aromatic carbocycles. The number of ether oxygens (including phenoxy) is 2. The maximum atomic E-state index is 15.0. The molecule has 1 aliphatic heterocycles. The van der Waals surface area contributed by atoms with Crippen LogP contribution in [0.5, 0.6) is 11.5 Å². The number of rotatable bonds is 8. The molecule has 1 atom stereocenters. The molecular formula is C31H25BrF4HoN3O3-. The second-order valence-electron chi connectivity index (χ2n) is 10.7. The fourth-order valence-corrected chi connectivity index (χ4v) is 5.65. The first kappa shape index (κ1) is 31.8. The van der Waals surface area contributed by atoms with Gasteiger partial charge in [-0.2, -0.15) is 8.78 Å². The van der Waals surface area contributed by atoms with E-state index in [-0.39, 0.29) is 88.7 Å². The van der Waals surface area contributed by atoms with E-state index >= 15 is 0 Å². The molecule has 1 saturated carbocycles. The van der Waals surface area contributed by atoms with Crippen LogP contribution in [-0.4, -0.2) is 35.6 Å². The summed E-state index contributed by atoms with van der Waals surface area (Å²) < 4.78 is 65.9. The van der Waals surface area contributed by atoms with Crippen LogP contribution >= 0.6 is 15.9 Å². The first-order valence-electron chi connectivity index (χ1n) is 13.4. The number of pyridine rings is 2. The van der Waals surface area contributed by atoms with Gasteiger partial charge < -0.3 is 14.8 Å². The Kier molecular flexibility index (Phi) is 9.46. The Morgan fingerprint density at radius 3 is 2.65 bits per heavy atom. The van der Waals surface area contributed by atoms with Gasteiger partial charge in [0.2, 0.25) is 0 Å². The van der Waals surface area contributed by atoms with E-state index in [1.807, 2.05) is 19.9 Å². The fraction of sp³-hybridized carbons (Fsp3) is 0.290. The number of carbonyl (C=O) groups is 1. The van der Waals surface area contributed by atoms with Gasteiger partial charge in [-0.25, -0.2) is 8.78 Å². The van der Waals surface area contributed by atoms with Gasteiger partial charge in [-0.1, -0.05) is 6.92 Å². The van der Waals surface area contributed by atoms with Crippen molar-refractivity contribution in [3.05, 3.63) is 87.0 Å². The van der Waals surface area contributed by atoms with Gasteiger partial charge in [0.1, 0.15) is 17.2 Å². The molecule has 12 heteroatoms. The number of carbonyl (C=O) groups excluding carboxylic acids is 1. The summed E-state index contributed by atoms with van der Waals surface area (Å²) in [6, 6.07) is 8.65. The van der Waals surface area contributed by atoms with Crippen LogP contribution in [0.4, 0.5) is 17.6 Å². The molecular weight excluding hydrogens is 783 g/mol. The molecule has 0 unspecified atom stereocenters. The van der Waals surface area contributed by atoms with Crippen molar-refractivity contribution in [1.29, 1.82) is 0 Å². The molecule has 0 bridgehead atoms. The summed E-state index contributed by atoms with van der Waals surface area (Å²) in [7, 11) is 0. The summed E-state index contributed by atoms with van der Waals surface area (Å²) in [5, 5.41) is 3.43. The van der Waals surface area contributed by atoms with Crippen molar-refractivity contribution in [2.45, 2.75) is 39.2 Å². The Morgan fingerprint density at radius 2 is 1.93 bits per heavy atom. The van der Waals surface area contributed by atoms with E-state index in [9.17, 15) is 22.4 Å². The van der Waals surface area contributed by atoms with Gasteiger partial charge >= 0.3 is 6.61 Å². The largest absolute Gasteiger partial charge is 0.556 e. The Morgan fingerprint density at radius 1 is 1.16 bits per heavy atom. The second-order valence-corrected chi connectivity index (χ2v) is 11.5. The maximum absolute atomic E-state index is 15.0. The smallest absolute Gasteiger partial charge is 0.387 e. The molecule has 6 rings (SSSR count). The molecule has 4 aromatic rings. The Bertz CT molecular complexity index is 1720. The van der Waals surface area contributed by atoms with Crippen molar-refractivity contribution in [1.82, 2.24) is 15.3 Å². The molecule has 1 fully saturated rings. The summed E-state index contributed by atoms with van der Waals surface area (Å²) in [5.74, 6) is -0.751. The molecule has 1 aliphatic carbocycles. The summed E-state index contributed by atoms with van der Waals surface area (Å²) >= 11 is 3.13. The maximum Gasteiger partial charge on any atom is 0.387 e. The zero-order chi connectivity index (χ0) is 29.7. The topological polar surface area (TPSA) is 73.3 Å². The Hall–Kier alpha value is -2.60. The summed E-state index contributed by atoms with van der Waals surface area (Å²) in [6.07, 6.45) is 3.40. The number of hydrogen-bond acceptors (Lipinski definition) is 5. The Balaban J connectivity index is 0.00000368. The molecule has 43 heavy (non-hydrogen) atoms. The van der Waals surface area contributed by atoms with E-state index in [0.29, 0.717) is 23.4 Å². The van der Waals surface area contributed by atoms with E-state index < -0.39 is 24.2 Å². The number of aryl methyl sites for hydroxylation is 1. The van der Waals surface area contributed by atoms with Crippen molar-refractivity contribution in [3.8, 4) is 22.8 Å². The van der Waals surface area contributed by atoms with E-state index in [1.54, 1.807) is 18.3 Å². The van der Waals surface area contributed by atoms with Crippen molar-refractivity contribution >= 4 is 32.7 Å². The SMILES string of the molecule is Cc1cnc2c(OC(F)F)cc(C(=O)NC[C@H](c3cc4c(c(-c5cc(Br)c(F)cc5F)n3)OC[C-]4C)C3CC3)cc2c1.[Ho]. The molecule has 2 aromatic heterocycles. The average Bonchev–Trinajstić information content (AvgIpc) is 3.71. The zero-order valence-electron chi connectivity index (χ0n) is 22.9. The van der Waals surface area contributed by atoms with Crippen molar-refractivity contribution in [2.75, 3.05) is 13.2 Å². The molecule has 229 valence electrons. The normalized spacial score (nSPS) is 14.7. The summed E-state index contributed by atoms with van der Waals surface area (Å²) in [5.41, 5.74) is 2.99. The molecule has 2 aliphatic rings. The quantitative estimate of drug-likeness (QED) is 0.0865. The van der Waals surface area contributed by atoms with Gasteiger partial charge in [-0.15, -0.1) is 17.5 Å².